The second-order valence-corrected chi connectivity index (χ2v) is 3.59. The molecule has 2 nitrogen and oxygen atoms in total. The first kappa shape index (κ1) is 14.0. The van der Waals surface area contributed by atoms with E-state index in [4.69, 9.17) is 0 Å². The predicted octanol–water partition coefficient (Wildman–Crippen LogP) is 2.88. The summed E-state index contributed by atoms with van der Waals surface area (Å²) in [5.41, 5.74) is 2.32. The van der Waals surface area contributed by atoms with Crippen LogP contribution >= 0.6 is 0 Å². The van der Waals surface area contributed by atoms with Gasteiger partial charge in [0, 0.05) is 13.1 Å². The van der Waals surface area contributed by atoms with Crippen molar-refractivity contribution < 1.29 is 17.9 Å². The van der Waals surface area contributed by atoms with E-state index in [1.165, 1.54) is 5.56 Å². The molecule has 0 aliphatic rings. The molecular formula is C12H16F3NO. The lowest BCUT2D eigenvalue weighted by Gasteiger charge is -2.10. The molecule has 0 spiro atoms. The Hall–Kier alpha value is -1.07. The molecule has 0 atom stereocenters. The molecule has 1 aromatic rings. The van der Waals surface area contributed by atoms with E-state index < -0.39 is 6.36 Å². The highest BCUT2D eigenvalue weighted by atomic mass is 19.4. The van der Waals surface area contributed by atoms with Crippen molar-refractivity contribution in [2.75, 3.05) is 13.2 Å². The lowest BCUT2D eigenvalue weighted by Crippen LogP contribution is -2.24. The molecule has 0 radical (unpaired) electrons. The summed E-state index contributed by atoms with van der Waals surface area (Å²) < 4.78 is 38.7. The second-order valence-electron chi connectivity index (χ2n) is 3.59. The molecule has 0 fully saturated rings. The fourth-order valence-electron chi connectivity index (χ4n) is 1.54. The van der Waals surface area contributed by atoms with Crippen molar-refractivity contribution in [2.45, 2.75) is 26.3 Å². The quantitative estimate of drug-likeness (QED) is 0.780. The number of alkyl halides is 3. The Labute approximate surface area is 98.8 Å². The third-order valence-corrected chi connectivity index (χ3v) is 2.36. The van der Waals surface area contributed by atoms with Crippen molar-refractivity contribution >= 4 is 0 Å². The van der Waals surface area contributed by atoms with Gasteiger partial charge in [-0.25, -0.2) is 0 Å². The lowest BCUT2D eigenvalue weighted by atomic mass is 10.1. The molecule has 1 N–H and O–H groups in total. The van der Waals surface area contributed by atoms with Crippen molar-refractivity contribution in [2.24, 2.45) is 0 Å². The van der Waals surface area contributed by atoms with E-state index in [-0.39, 0.29) is 13.2 Å². The molecule has 0 aromatic heterocycles. The van der Waals surface area contributed by atoms with Gasteiger partial charge in [0.25, 0.3) is 0 Å². The summed E-state index contributed by atoms with van der Waals surface area (Å²) in [4.78, 5) is 0. The van der Waals surface area contributed by atoms with E-state index >= 15 is 0 Å². The van der Waals surface area contributed by atoms with Crippen LogP contribution in [0.1, 0.15) is 18.1 Å². The number of ether oxygens (including phenoxy) is 1. The van der Waals surface area contributed by atoms with Gasteiger partial charge in [0.15, 0.2) is 0 Å². The summed E-state index contributed by atoms with van der Waals surface area (Å²) in [5.74, 6) is 0. The van der Waals surface area contributed by atoms with Gasteiger partial charge in [0.05, 0.1) is 6.61 Å². The molecule has 0 aliphatic carbocycles. The zero-order valence-electron chi connectivity index (χ0n) is 9.68. The van der Waals surface area contributed by atoms with Crippen molar-refractivity contribution in [3.05, 3.63) is 35.4 Å². The summed E-state index contributed by atoms with van der Waals surface area (Å²) >= 11 is 0. The van der Waals surface area contributed by atoms with Crippen molar-refractivity contribution in [3.63, 3.8) is 0 Å². The largest absolute Gasteiger partial charge is 0.522 e. The Balaban J connectivity index is 2.27. The number of rotatable bonds is 6. The highest BCUT2D eigenvalue weighted by Gasteiger charge is 2.28. The van der Waals surface area contributed by atoms with Crippen LogP contribution in [-0.2, 0) is 17.7 Å². The maximum atomic E-state index is 11.7. The van der Waals surface area contributed by atoms with E-state index in [9.17, 15) is 13.2 Å². The molecule has 5 heteroatoms. The minimum atomic E-state index is -4.54. The SMILES string of the molecule is CCc1ccccc1CNCCOC(F)(F)F. The summed E-state index contributed by atoms with van der Waals surface area (Å²) in [6.07, 6.45) is -3.63. The van der Waals surface area contributed by atoms with Crippen LogP contribution in [0.5, 0.6) is 0 Å². The molecular weight excluding hydrogens is 231 g/mol. The standard InChI is InChI=1S/C12H16F3NO/c1-2-10-5-3-4-6-11(10)9-16-7-8-17-12(13,14)15/h3-6,16H,2,7-9H2,1H3. The van der Waals surface area contributed by atoms with Gasteiger partial charge in [-0.1, -0.05) is 31.2 Å². The first-order valence-corrected chi connectivity index (χ1v) is 5.51. The minimum Gasteiger partial charge on any atom is -0.310 e. The summed E-state index contributed by atoms with van der Waals surface area (Å²) in [6, 6.07) is 7.86. The van der Waals surface area contributed by atoms with Crippen LogP contribution in [-0.4, -0.2) is 19.5 Å². The van der Waals surface area contributed by atoms with E-state index in [1.807, 2.05) is 31.2 Å². The van der Waals surface area contributed by atoms with Crippen LogP contribution in [0.3, 0.4) is 0 Å². The van der Waals surface area contributed by atoms with E-state index in [1.54, 1.807) is 0 Å². The van der Waals surface area contributed by atoms with Gasteiger partial charge >= 0.3 is 6.36 Å². The van der Waals surface area contributed by atoms with Gasteiger partial charge in [-0.3, -0.25) is 4.74 Å². The smallest absolute Gasteiger partial charge is 0.310 e. The molecule has 0 saturated heterocycles. The second kappa shape index (κ2) is 6.61. The third kappa shape index (κ3) is 5.70. The first-order valence-electron chi connectivity index (χ1n) is 5.51. The van der Waals surface area contributed by atoms with E-state index in [2.05, 4.69) is 10.1 Å². The van der Waals surface area contributed by atoms with Crippen LogP contribution in [0.4, 0.5) is 13.2 Å². The molecule has 0 amide bonds. The number of benzene rings is 1. The van der Waals surface area contributed by atoms with E-state index in [0.717, 1.165) is 12.0 Å². The number of hydrogen-bond donors (Lipinski definition) is 1. The molecule has 0 saturated carbocycles. The van der Waals surface area contributed by atoms with Crippen LogP contribution in [0.25, 0.3) is 0 Å². The highest BCUT2D eigenvalue weighted by molar-refractivity contribution is 5.26. The fraction of sp³-hybridized carbons (Fsp3) is 0.500. The van der Waals surface area contributed by atoms with Crippen LogP contribution in [0.2, 0.25) is 0 Å². The minimum absolute atomic E-state index is 0.178. The number of halogens is 3. The Morgan fingerprint density at radius 1 is 1.18 bits per heavy atom. The Morgan fingerprint density at radius 3 is 2.41 bits per heavy atom. The van der Waals surface area contributed by atoms with Crippen molar-refractivity contribution in [3.8, 4) is 0 Å². The topological polar surface area (TPSA) is 21.3 Å². The van der Waals surface area contributed by atoms with Gasteiger partial charge in [-0.2, -0.15) is 0 Å². The zero-order chi connectivity index (χ0) is 12.7. The lowest BCUT2D eigenvalue weighted by molar-refractivity contribution is -0.323. The molecule has 0 heterocycles. The number of nitrogens with one attached hydrogen (secondary N) is 1. The van der Waals surface area contributed by atoms with Gasteiger partial charge < -0.3 is 5.32 Å². The predicted molar refractivity (Wildman–Crippen MR) is 59.5 cm³/mol. The average Bonchev–Trinajstić information content (AvgIpc) is 2.27. The Kier molecular flexibility index (Phi) is 5.44. The molecule has 0 bridgehead atoms. The molecule has 1 aromatic carbocycles. The zero-order valence-corrected chi connectivity index (χ0v) is 9.68. The maximum Gasteiger partial charge on any atom is 0.522 e. The third-order valence-electron chi connectivity index (χ3n) is 2.36. The van der Waals surface area contributed by atoms with Gasteiger partial charge in [0.2, 0.25) is 0 Å². The van der Waals surface area contributed by atoms with Crippen LogP contribution in [0.15, 0.2) is 24.3 Å². The Bertz CT molecular complexity index is 339. The summed E-state index contributed by atoms with van der Waals surface area (Å²) in [7, 11) is 0. The molecule has 96 valence electrons. The van der Waals surface area contributed by atoms with Gasteiger partial charge in [-0.15, -0.1) is 13.2 Å². The molecule has 17 heavy (non-hydrogen) atoms. The highest BCUT2D eigenvalue weighted by Crippen LogP contribution is 2.15. The first-order chi connectivity index (χ1) is 8.03. The monoisotopic (exact) mass is 247 g/mol. The average molecular weight is 247 g/mol. The number of aryl methyl sites for hydroxylation is 1. The summed E-state index contributed by atoms with van der Waals surface area (Å²) in [6.45, 7) is 2.42. The Morgan fingerprint density at radius 2 is 1.82 bits per heavy atom. The molecule has 0 unspecified atom stereocenters. The maximum absolute atomic E-state index is 11.7. The summed E-state index contributed by atoms with van der Waals surface area (Å²) in [5, 5.41) is 2.92. The van der Waals surface area contributed by atoms with Gasteiger partial charge in [-0.05, 0) is 17.5 Å². The molecule has 0 aliphatic heterocycles. The number of hydrogen-bond acceptors (Lipinski definition) is 2. The molecule has 1 rings (SSSR count). The van der Waals surface area contributed by atoms with Crippen molar-refractivity contribution in [1.82, 2.24) is 5.32 Å². The van der Waals surface area contributed by atoms with Crippen LogP contribution in [0, 0.1) is 0 Å². The van der Waals surface area contributed by atoms with Crippen molar-refractivity contribution in [1.29, 1.82) is 0 Å². The van der Waals surface area contributed by atoms with Crippen LogP contribution < -0.4 is 5.32 Å². The van der Waals surface area contributed by atoms with Gasteiger partial charge in [0.1, 0.15) is 0 Å². The van der Waals surface area contributed by atoms with E-state index in [0.29, 0.717) is 6.54 Å². The fourth-order valence-corrected chi connectivity index (χ4v) is 1.54. The normalized spacial score (nSPS) is 11.8.